The van der Waals surface area contributed by atoms with Gasteiger partial charge in [-0.2, -0.15) is 5.10 Å². The summed E-state index contributed by atoms with van der Waals surface area (Å²) in [5, 5.41) is 10.5. The smallest absolute Gasteiger partial charge is 0.222 e. The molecule has 31 heavy (non-hydrogen) atoms. The number of methoxy groups -OCH3 is 1. The summed E-state index contributed by atoms with van der Waals surface area (Å²) in [5.74, 6) is 0.497. The molecule has 0 fully saturated rings. The molecule has 10 heteroatoms. The maximum absolute atomic E-state index is 12.1. The van der Waals surface area contributed by atoms with Gasteiger partial charge in [0.2, 0.25) is 5.91 Å². The van der Waals surface area contributed by atoms with E-state index < -0.39 is 9.84 Å². The number of rotatable bonds is 7. The number of amides is 1. The van der Waals surface area contributed by atoms with Crippen LogP contribution >= 0.6 is 0 Å². The molecule has 0 saturated carbocycles. The maximum atomic E-state index is 12.1. The fourth-order valence-corrected chi connectivity index (χ4v) is 3.58. The second-order valence-corrected chi connectivity index (χ2v) is 9.38. The molecule has 0 spiro atoms. The quantitative estimate of drug-likeness (QED) is 0.573. The predicted octanol–water partition coefficient (Wildman–Crippen LogP) is 3.64. The number of benzene rings is 1. The first-order valence-corrected chi connectivity index (χ1v) is 11.5. The van der Waals surface area contributed by atoms with Crippen molar-refractivity contribution in [2.75, 3.05) is 24.0 Å². The number of aromatic nitrogens is 3. The summed E-state index contributed by atoms with van der Waals surface area (Å²) < 4.78 is 31.3. The predicted molar refractivity (Wildman–Crippen MR) is 120 cm³/mol. The fourth-order valence-electron chi connectivity index (χ4n) is 2.91. The SMILES string of the molecule is COc1cc(Nc2cc(NC(C)=O)ncc2-c2ccn(C(C)C)n2)cc(S(C)(=O)=O)c1. The molecule has 0 aliphatic rings. The second kappa shape index (κ2) is 8.76. The summed E-state index contributed by atoms with van der Waals surface area (Å²) in [6, 6.07) is 8.39. The third-order valence-electron chi connectivity index (χ3n) is 4.44. The molecular weight excluding hydrogens is 418 g/mol. The molecule has 0 unspecified atom stereocenters. The number of sulfone groups is 1. The Morgan fingerprint density at radius 1 is 1.19 bits per heavy atom. The number of carbonyl (C=O) groups is 1. The van der Waals surface area contributed by atoms with Gasteiger partial charge in [0.25, 0.3) is 0 Å². The number of hydrogen-bond donors (Lipinski definition) is 2. The summed E-state index contributed by atoms with van der Waals surface area (Å²) in [6.07, 6.45) is 4.62. The van der Waals surface area contributed by atoms with E-state index in [0.29, 0.717) is 34.2 Å². The van der Waals surface area contributed by atoms with Gasteiger partial charge in [0, 0.05) is 55.0 Å². The van der Waals surface area contributed by atoms with Crippen molar-refractivity contribution in [3.63, 3.8) is 0 Å². The molecule has 0 aliphatic carbocycles. The Balaban J connectivity index is 2.10. The van der Waals surface area contributed by atoms with Gasteiger partial charge in [-0.05, 0) is 32.0 Å². The zero-order chi connectivity index (χ0) is 22.8. The van der Waals surface area contributed by atoms with Crippen LogP contribution in [0.5, 0.6) is 5.75 Å². The molecule has 2 heterocycles. The van der Waals surface area contributed by atoms with Gasteiger partial charge in [-0.25, -0.2) is 13.4 Å². The Morgan fingerprint density at radius 3 is 2.52 bits per heavy atom. The lowest BCUT2D eigenvalue weighted by Crippen LogP contribution is -2.08. The Kier molecular flexibility index (Phi) is 6.30. The number of nitrogens with zero attached hydrogens (tertiary/aromatic N) is 3. The summed E-state index contributed by atoms with van der Waals surface area (Å²) >= 11 is 0. The van der Waals surface area contributed by atoms with E-state index in [1.165, 1.54) is 26.2 Å². The maximum Gasteiger partial charge on any atom is 0.222 e. The first-order valence-electron chi connectivity index (χ1n) is 9.56. The van der Waals surface area contributed by atoms with E-state index in [0.717, 1.165) is 6.26 Å². The lowest BCUT2D eigenvalue weighted by Gasteiger charge is -2.14. The molecule has 3 aromatic rings. The largest absolute Gasteiger partial charge is 0.497 e. The molecule has 164 valence electrons. The minimum atomic E-state index is -3.45. The highest BCUT2D eigenvalue weighted by atomic mass is 32.2. The first-order chi connectivity index (χ1) is 14.6. The summed E-state index contributed by atoms with van der Waals surface area (Å²) in [7, 11) is -1.98. The number of anilines is 3. The van der Waals surface area contributed by atoms with Gasteiger partial charge >= 0.3 is 0 Å². The number of carbonyl (C=O) groups excluding carboxylic acids is 1. The van der Waals surface area contributed by atoms with Crippen molar-refractivity contribution in [2.45, 2.75) is 31.7 Å². The molecule has 0 atom stereocenters. The molecule has 2 aromatic heterocycles. The average molecular weight is 444 g/mol. The third kappa shape index (κ3) is 5.40. The minimum absolute atomic E-state index is 0.121. The number of ether oxygens (including phenoxy) is 1. The molecule has 0 radical (unpaired) electrons. The fraction of sp³-hybridized carbons (Fsp3) is 0.286. The number of nitrogens with one attached hydrogen (secondary N) is 2. The minimum Gasteiger partial charge on any atom is -0.497 e. The van der Waals surface area contributed by atoms with Gasteiger partial charge in [-0.15, -0.1) is 0 Å². The van der Waals surface area contributed by atoms with Crippen molar-refractivity contribution < 1.29 is 17.9 Å². The molecule has 2 N–H and O–H groups in total. The second-order valence-electron chi connectivity index (χ2n) is 7.37. The standard InChI is InChI=1S/C21H25N5O4S/c1-13(2)26-7-6-19(25-26)18-12-22-21(23-14(3)27)11-20(18)24-15-8-16(30-4)10-17(9-15)31(5,28)29/h6-13H,1-5H3,(H2,22,23,24,27). The van der Waals surface area contributed by atoms with Gasteiger partial charge < -0.3 is 15.4 Å². The average Bonchev–Trinajstić information content (AvgIpc) is 3.17. The molecule has 0 bridgehead atoms. The van der Waals surface area contributed by atoms with Crippen LogP contribution in [0.1, 0.15) is 26.8 Å². The Labute approximate surface area is 181 Å². The van der Waals surface area contributed by atoms with Crippen molar-refractivity contribution in [3.05, 3.63) is 42.7 Å². The van der Waals surface area contributed by atoms with E-state index in [4.69, 9.17) is 4.74 Å². The van der Waals surface area contributed by atoms with Crippen LogP contribution in [0.25, 0.3) is 11.3 Å². The monoisotopic (exact) mass is 443 g/mol. The number of hydrogen-bond acceptors (Lipinski definition) is 7. The van der Waals surface area contributed by atoms with Gasteiger partial charge in [-0.1, -0.05) is 0 Å². The number of pyridine rings is 1. The highest BCUT2D eigenvalue weighted by Crippen LogP contribution is 2.33. The van der Waals surface area contributed by atoms with E-state index in [1.807, 2.05) is 30.8 Å². The lowest BCUT2D eigenvalue weighted by atomic mass is 10.1. The van der Waals surface area contributed by atoms with Gasteiger partial charge in [0.15, 0.2) is 9.84 Å². The third-order valence-corrected chi connectivity index (χ3v) is 5.54. The summed E-state index contributed by atoms with van der Waals surface area (Å²) in [6.45, 7) is 5.45. The van der Waals surface area contributed by atoms with Crippen LogP contribution in [0.2, 0.25) is 0 Å². The van der Waals surface area contributed by atoms with Crippen molar-refractivity contribution in [1.29, 1.82) is 0 Å². The molecule has 0 aliphatic heterocycles. The van der Waals surface area contributed by atoms with E-state index in [9.17, 15) is 13.2 Å². The Bertz CT molecular complexity index is 1220. The molecule has 0 saturated heterocycles. The van der Waals surface area contributed by atoms with Crippen LogP contribution in [0.4, 0.5) is 17.2 Å². The van der Waals surface area contributed by atoms with Crippen LogP contribution in [0.3, 0.4) is 0 Å². The van der Waals surface area contributed by atoms with Crippen LogP contribution in [0.15, 0.2) is 47.6 Å². The molecule has 9 nitrogen and oxygen atoms in total. The zero-order valence-electron chi connectivity index (χ0n) is 18.0. The topological polar surface area (TPSA) is 115 Å². The van der Waals surface area contributed by atoms with Crippen LogP contribution in [-0.4, -0.2) is 42.5 Å². The molecule has 3 rings (SSSR count). The van der Waals surface area contributed by atoms with Crippen molar-refractivity contribution in [3.8, 4) is 17.0 Å². The molecular formula is C21H25N5O4S. The van der Waals surface area contributed by atoms with Crippen LogP contribution < -0.4 is 15.4 Å². The van der Waals surface area contributed by atoms with Crippen molar-refractivity contribution >= 4 is 32.9 Å². The highest BCUT2D eigenvalue weighted by Gasteiger charge is 2.15. The van der Waals surface area contributed by atoms with E-state index in [1.54, 1.807) is 18.3 Å². The van der Waals surface area contributed by atoms with E-state index in [-0.39, 0.29) is 16.8 Å². The van der Waals surface area contributed by atoms with E-state index >= 15 is 0 Å². The van der Waals surface area contributed by atoms with Crippen LogP contribution in [0, 0.1) is 0 Å². The van der Waals surface area contributed by atoms with Crippen molar-refractivity contribution in [2.24, 2.45) is 0 Å². The van der Waals surface area contributed by atoms with Gasteiger partial charge in [-0.3, -0.25) is 9.48 Å². The normalized spacial score (nSPS) is 11.4. The summed E-state index contributed by atoms with van der Waals surface area (Å²) in [5.41, 5.74) is 2.48. The van der Waals surface area contributed by atoms with Gasteiger partial charge in [0.05, 0.1) is 23.4 Å². The summed E-state index contributed by atoms with van der Waals surface area (Å²) in [4.78, 5) is 15.9. The Hall–Kier alpha value is -3.40. The van der Waals surface area contributed by atoms with Gasteiger partial charge in [0.1, 0.15) is 11.6 Å². The van der Waals surface area contributed by atoms with E-state index in [2.05, 4.69) is 20.7 Å². The zero-order valence-corrected chi connectivity index (χ0v) is 18.8. The molecule has 1 amide bonds. The van der Waals surface area contributed by atoms with Crippen molar-refractivity contribution in [1.82, 2.24) is 14.8 Å². The highest BCUT2D eigenvalue weighted by molar-refractivity contribution is 7.90. The first kappa shape index (κ1) is 22.3. The Morgan fingerprint density at radius 2 is 1.94 bits per heavy atom. The lowest BCUT2D eigenvalue weighted by molar-refractivity contribution is -0.114. The molecule has 1 aromatic carbocycles. The van der Waals surface area contributed by atoms with Crippen LogP contribution in [-0.2, 0) is 14.6 Å².